The van der Waals surface area contributed by atoms with Crippen LogP contribution in [0.1, 0.15) is 10.4 Å². The third-order valence-corrected chi connectivity index (χ3v) is 5.63. The number of halogens is 2. The van der Waals surface area contributed by atoms with Gasteiger partial charge in [-0.05, 0) is 36.4 Å². The smallest absolute Gasteiger partial charge is 0.270 e. The number of anilines is 2. The number of carbonyl (C=O) groups is 1. The van der Waals surface area contributed by atoms with Crippen molar-refractivity contribution in [2.24, 2.45) is 0 Å². The number of non-ortho nitro benzene ring substituents is 1. The molecule has 0 aromatic heterocycles. The molecule has 0 aliphatic rings. The number of nitrogens with one attached hydrogen (secondary N) is 2. The van der Waals surface area contributed by atoms with Gasteiger partial charge in [-0.3, -0.25) is 19.6 Å². The third kappa shape index (κ3) is 4.73. The van der Waals surface area contributed by atoms with Crippen LogP contribution in [-0.4, -0.2) is 19.2 Å². The van der Waals surface area contributed by atoms with E-state index in [4.69, 9.17) is 11.6 Å². The predicted molar refractivity (Wildman–Crippen MR) is 110 cm³/mol. The summed E-state index contributed by atoms with van der Waals surface area (Å²) >= 11 is 6.05. The maximum atomic E-state index is 13.8. The number of rotatable bonds is 6. The van der Waals surface area contributed by atoms with Crippen LogP contribution in [0.25, 0.3) is 0 Å². The highest BCUT2D eigenvalue weighted by Crippen LogP contribution is 2.28. The van der Waals surface area contributed by atoms with E-state index in [1.54, 1.807) is 0 Å². The molecule has 0 unspecified atom stereocenters. The van der Waals surface area contributed by atoms with Gasteiger partial charge in [0.1, 0.15) is 5.82 Å². The van der Waals surface area contributed by atoms with Crippen molar-refractivity contribution in [1.82, 2.24) is 0 Å². The Kier molecular flexibility index (Phi) is 5.99. The second kappa shape index (κ2) is 8.47. The number of carbonyl (C=O) groups excluding carboxylic acids is 1. The van der Waals surface area contributed by atoms with E-state index >= 15 is 0 Å². The summed E-state index contributed by atoms with van der Waals surface area (Å²) in [4.78, 5) is 22.4. The van der Waals surface area contributed by atoms with Gasteiger partial charge < -0.3 is 5.32 Å². The topological polar surface area (TPSA) is 118 Å². The molecular weight excluding hydrogens is 437 g/mol. The molecule has 0 aliphatic carbocycles. The molecule has 3 rings (SSSR count). The molecule has 8 nitrogen and oxygen atoms in total. The molecule has 0 saturated heterocycles. The molecule has 0 aliphatic heterocycles. The Morgan fingerprint density at radius 3 is 2.43 bits per heavy atom. The van der Waals surface area contributed by atoms with Crippen LogP contribution in [0.2, 0.25) is 5.02 Å². The molecule has 0 atom stereocenters. The SMILES string of the molecule is O=C(Nc1cc(S(=O)(=O)Nc2ccccc2F)ccc1Cl)c1cccc([N+](=O)[O-])c1. The molecule has 0 fully saturated rings. The Hall–Kier alpha value is -3.50. The fourth-order valence-corrected chi connectivity index (χ4v) is 3.73. The monoisotopic (exact) mass is 449 g/mol. The fourth-order valence-electron chi connectivity index (χ4n) is 2.47. The third-order valence-electron chi connectivity index (χ3n) is 3.93. The summed E-state index contributed by atoms with van der Waals surface area (Å²) in [6.45, 7) is 0. The molecular formula is C19H13ClFN3O5S. The highest BCUT2D eigenvalue weighted by molar-refractivity contribution is 7.92. The molecule has 1 amide bonds. The standard InChI is InChI=1S/C19H13ClFN3O5S/c20-15-9-8-14(30(28,29)23-17-7-2-1-6-16(17)21)11-18(15)22-19(25)12-4-3-5-13(10-12)24(26)27/h1-11,23H,(H,22,25). The quantitative estimate of drug-likeness (QED) is 0.426. The summed E-state index contributed by atoms with van der Waals surface area (Å²) in [7, 11) is -4.18. The van der Waals surface area contributed by atoms with Crippen molar-refractivity contribution in [2.75, 3.05) is 10.0 Å². The fraction of sp³-hybridized carbons (Fsp3) is 0. The molecule has 3 aromatic carbocycles. The molecule has 0 saturated carbocycles. The van der Waals surface area contributed by atoms with E-state index in [0.717, 1.165) is 18.2 Å². The highest BCUT2D eigenvalue weighted by atomic mass is 35.5. The number of benzene rings is 3. The largest absolute Gasteiger partial charge is 0.321 e. The van der Waals surface area contributed by atoms with Gasteiger partial charge >= 0.3 is 0 Å². The van der Waals surface area contributed by atoms with Crippen molar-refractivity contribution in [2.45, 2.75) is 4.90 Å². The lowest BCUT2D eigenvalue weighted by molar-refractivity contribution is -0.384. The van der Waals surface area contributed by atoms with Crippen molar-refractivity contribution in [1.29, 1.82) is 0 Å². The van der Waals surface area contributed by atoms with Gasteiger partial charge in [0.15, 0.2) is 0 Å². The second-order valence-electron chi connectivity index (χ2n) is 5.99. The van der Waals surface area contributed by atoms with Gasteiger partial charge in [-0.2, -0.15) is 0 Å². The van der Waals surface area contributed by atoms with Crippen LogP contribution in [0, 0.1) is 15.9 Å². The highest BCUT2D eigenvalue weighted by Gasteiger charge is 2.19. The van der Waals surface area contributed by atoms with Crippen molar-refractivity contribution < 1.29 is 22.5 Å². The number of sulfonamides is 1. The summed E-state index contributed by atoms with van der Waals surface area (Å²) in [5.74, 6) is -1.48. The van der Waals surface area contributed by atoms with E-state index in [0.29, 0.717) is 0 Å². The van der Waals surface area contributed by atoms with E-state index in [9.17, 15) is 27.7 Å². The molecule has 154 valence electrons. The summed E-state index contributed by atoms with van der Waals surface area (Å²) in [6.07, 6.45) is 0. The van der Waals surface area contributed by atoms with Crippen LogP contribution in [-0.2, 0) is 10.0 Å². The zero-order valence-corrected chi connectivity index (χ0v) is 16.6. The minimum atomic E-state index is -4.18. The van der Waals surface area contributed by atoms with Gasteiger partial charge in [-0.15, -0.1) is 0 Å². The van der Waals surface area contributed by atoms with Gasteiger partial charge in [0.2, 0.25) is 0 Å². The molecule has 0 spiro atoms. The number of nitro benzene ring substituents is 1. The molecule has 0 bridgehead atoms. The molecule has 11 heteroatoms. The van der Waals surface area contributed by atoms with E-state index in [2.05, 4.69) is 10.0 Å². The Morgan fingerprint density at radius 2 is 1.73 bits per heavy atom. The number of para-hydroxylation sites is 1. The van der Waals surface area contributed by atoms with Crippen LogP contribution in [0.3, 0.4) is 0 Å². The summed E-state index contributed by atoms with van der Waals surface area (Å²) in [5, 5.41) is 13.3. The average molecular weight is 450 g/mol. The molecule has 3 aromatic rings. The van der Waals surface area contributed by atoms with Gasteiger partial charge in [0.25, 0.3) is 21.6 Å². The maximum absolute atomic E-state index is 13.8. The predicted octanol–water partition coefficient (Wildman–Crippen LogP) is 4.44. The number of nitro groups is 1. The van der Waals surface area contributed by atoms with Crippen molar-refractivity contribution >= 4 is 44.6 Å². The lowest BCUT2D eigenvalue weighted by atomic mass is 10.2. The average Bonchev–Trinajstić information content (AvgIpc) is 2.71. The van der Waals surface area contributed by atoms with Crippen LogP contribution in [0.15, 0.2) is 71.6 Å². The first-order valence-electron chi connectivity index (χ1n) is 8.30. The van der Waals surface area contributed by atoms with E-state index in [-0.39, 0.29) is 32.5 Å². The van der Waals surface area contributed by atoms with E-state index in [1.807, 2.05) is 0 Å². The molecule has 30 heavy (non-hydrogen) atoms. The number of nitrogens with zero attached hydrogens (tertiary/aromatic N) is 1. The molecule has 0 radical (unpaired) electrons. The van der Waals surface area contributed by atoms with Crippen molar-refractivity contribution in [3.63, 3.8) is 0 Å². The van der Waals surface area contributed by atoms with Crippen LogP contribution >= 0.6 is 11.6 Å². The van der Waals surface area contributed by atoms with E-state index in [1.165, 1.54) is 48.5 Å². The zero-order valence-electron chi connectivity index (χ0n) is 15.0. The van der Waals surface area contributed by atoms with Crippen molar-refractivity contribution in [3.8, 4) is 0 Å². The van der Waals surface area contributed by atoms with Crippen molar-refractivity contribution in [3.05, 3.63) is 93.2 Å². The Morgan fingerprint density at radius 1 is 1.00 bits per heavy atom. The van der Waals surface area contributed by atoms with Crippen LogP contribution < -0.4 is 10.0 Å². The number of hydrogen-bond acceptors (Lipinski definition) is 5. The van der Waals surface area contributed by atoms with Gasteiger partial charge in [0.05, 0.1) is 26.2 Å². The number of hydrogen-bond donors (Lipinski definition) is 2. The lowest BCUT2D eigenvalue weighted by Gasteiger charge is -2.12. The Bertz CT molecular complexity index is 1250. The normalized spacial score (nSPS) is 11.0. The van der Waals surface area contributed by atoms with Crippen LogP contribution in [0.5, 0.6) is 0 Å². The lowest BCUT2D eigenvalue weighted by Crippen LogP contribution is -2.16. The summed E-state index contributed by atoms with van der Waals surface area (Å²) in [6, 6.07) is 13.8. The first kappa shape index (κ1) is 21.2. The maximum Gasteiger partial charge on any atom is 0.270 e. The Labute approximate surface area is 175 Å². The Balaban J connectivity index is 1.88. The van der Waals surface area contributed by atoms with Gasteiger partial charge in [-0.25, -0.2) is 12.8 Å². The van der Waals surface area contributed by atoms with Crippen LogP contribution in [0.4, 0.5) is 21.5 Å². The second-order valence-corrected chi connectivity index (χ2v) is 8.08. The van der Waals surface area contributed by atoms with Gasteiger partial charge in [-0.1, -0.05) is 29.8 Å². The minimum absolute atomic E-state index is 0.0157. The molecule has 2 N–H and O–H groups in total. The minimum Gasteiger partial charge on any atom is -0.321 e. The zero-order chi connectivity index (χ0) is 21.9. The summed E-state index contributed by atoms with van der Waals surface area (Å²) < 4.78 is 41.1. The number of amides is 1. The van der Waals surface area contributed by atoms with E-state index < -0.39 is 26.7 Å². The first-order chi connectivity index (χ1) is 14.2. The molecule has 0 heterocycles. The summed E-state index contributed by atoms with van der Waals surface area (Å²) in [5.41, 5.74) is -0.573. The van der Waals surface area contributed by atoms with Gasteiger partial charge in [0, 0.05) is 17.7 Å². The first-order valence-corrected chi connectivity index (χ1v) is 10.2.